The van der Waals surface area contributed by atoms with Gasteiger partial charge in [-0.05, 0) is 51.7 Å². The Kier molecular flexibility index (Phi) is 5.81. The van der Waals surface area contributed by atoms with Gasteiger partial charge in [0, 0.05) is 23.9 Å². The maximum Gasteiger partial charge on any atom is 0.277 e. The number of aromatic nitrogens is 3. The molecule has 4 rings (SSSR count). The van der Waals surface area contributed by atoms with Crippen LogP contribution in [0, 0.1) is 26.7 Å². The van der Waals surface area contributed by atoms with Crippen molar-refractivity contribution in [1.82, 2.24) is 19.5 Å². The molecule has 1 aliphatic rings. The Balaban J connectivity index is 1.78. The zero-order valence-corrected chi connectivity index (χ0v) is 20.3. The van der Waals surface area contributed by atoms with Gasteiger partial charge < -0.3 is 9.88 Å². The number of amides is 1. The van der Waals surface area contributed by atoms with Gasteiger partial charge in [0.25, 0.3) is 11.5 Å². The van der Waals surface area contributed by atoms with Crippen LogP contribution in [0.2, 0.25) is 0 Å². The van der Waals surface area contributed by atoms with E-state index in [0.717, 1.165) is 23.9 Å². The van der Waals surface area contributed by atoms with Crippen LogP contribution >= 0.6 is 0 Å². The van der Waals surface area contributed by atoms with Crippen molar-refractivity contribution < 1.29 is 13.2 Å². The molecule has 0 aliphatic carbocycles. The predicted octanol–water partition coefficient (Wildman–Crippen LogP) is 2.93. The Morgan fingerprint density at radius 1 is 1.21 bits per heavy atom. The molecule has 10 heteroatoms. The molecule has 3 heterocycles. The first kappa shape index (κ1) is 23.0. The van der Waals surface area contributed by atoms with E-state index in [1.54, 1.807) is 30.0 Å². The Morgan fingerprint density at radius 2 is 1.94 bits per heavy atom. The second-order valence-corrected chi connectivity index (χ2v) is 10.9. The third kappa shape index (κ3) is 4.52. The minimum Gasteiger partial charge on any atom is -0.343 e. The van der Waals surface area contributed by atoms with Gasteiger partial charge >= 0.3 is 0 Å². The molecule has 3 aromatic rings. The van der Waals surface area contributed by atoms with Crippen LogP contribution in [0.1, 0.15) is 58.7 Å². The van der Waals surface area contributed by atoms with Crippen LogP contribution < -0.4 is 10.3 Å². The number of anilines is 1. The lowest BCUT2D eigenvalue weighted by atomic mass is 9.90. The van der Waals surface area contributed by atoms with E-state index in [1.807, 2.05) is 19.9 Å². The van der Waals surface area contributed by atoms with Crippen LogP contribution in [0.4, 0.5) is 5.69 Å². The van der Waals surface area contributed by atoms with Crippen molar-refractivity contribution >= 4 is 27.3 Å². The second kappa shape index (κ2) is 8.33. The number of piperidine rings is 1. The van der Waals surface area contributed by atoms with E-state index in [-0.39, 0.29) is 23.2 Å². The third-order valence-corrected chi connectivity index (χ3v) is 6.88. The van der Waals surface area contributed by atoms with Crippen molar-refractivity contribution in [3.63, 3.8) is 0 Å². The fourth-order valence-electron chi connectivity index (χ4n) is 4.35. The summed E-state index contributed by atoms with van der Waals surface area (Å²) in [7, 11) is -3.56. The molecule has 0 radical (unpaired) electrons. The quantitative estimate of drug-likeness (QED) is 0.607. The van der Waals surface area contributed by atoms with Gasteiger partial charge in [0.05, 0.1) is 29.2 Å². The lowest BCUT2D eigenvalue weighted by molar-refractivity contribution is 0.0552. The second-order valence-electron chi connectivity index (χ2n) is 9.11. The molecule has 1 fully saturated rings. The number of fused-ring (bicyclic) bond motifs is 1. The van der Waals surface area contributed by atoms with Crippen LogP contribution in [0.15, 0.2) is 29.1 Å². The third-order valence-electron chi connectivity index (χ3n) is 6.29. The van der Waals surface area contributed by atoms with E-state index >= 15 is 0 Å². The molecule has 1 amide bonds. The van der Waals surface area contributed by atoms with E-state index in [1.165, 1.54) is 4.52 Å². The highest BCUT2D eigenvalue weighted by atomic mass is 32.2. The summed E-state index contributed by atoms with van der Waals surface area (Å²) in [5.74, 6) is 0.103. The Hall–Kier alpha value is -3.14. The monoisotopic (exact) mass is 471 g/mol. The molecule has 1 aliphatic heterocycles. The number of aryl methyl sites for hydroxylation is 2. The molecule has 9 nitrogen and oxygen atoms in total. The van der Waals surface area contributed by atoms with Gasteiger partial charge in [0.2, 0.25) is 10.0 Å². The van der Waals surface area contributed by atoms with Gasteiger partial charge in [0.1, 0.15) is 5.65 Å². The average molecular weight is 472 g/mol. The maximum absolute atomic E-state index is 13.7. The van der Waals surface area contributed by atoms with Gasteiger partial charge in [-0.2, -0.15) is 9.61 Å². The summed E-state index contributed by atoms with van der Waals surface area (Å²) in [4.78, 5) is 31.4. The summed E-state index contributed by atoms with van der Waals surface area (Å²) in [6.45, 7) is 8.09. The molecule has 1 aromatic carbocycles. The first-order chi connectivity index (χ1) is 15.4. The van der Waals surface area contributed by atoms with Crippen LogP contribution in [0.3, 0.4) is 0 Å². The largest absolute Gasteiger partial charge is 0.343 e. The van der Waals surface area contributed by atoms with Crippen LogP contribution in [0.25, 0.3) is 5.65 Å². The van der Waals surface area contributed by atoms with Gasteiger partial charge in [-0.1, -0.05) is 18.6 Å². The molecule has 1 saturated heterocycles. The number of hydrogen-bond donors (Lipinski definition) is 2. The summed E-state index contributed by atoms with van der Waals surface area (Å²) in [5.41, 5.74) is 3.81. The molecule has 176 valence electrons. The SMILES string of the molecule is Cc1ccc(NS(C)(=O)=O)c(C(=O)N2CC[C@H](C)C[C@H]2c2cc3[nH]c(C)c(C)c(=O)n3n2)c1. The lowest BCUT2D eigenvalue weighted by Gasteiger charge is -2.38. The standard InChI is InChI=1S/C23H29N5O4S/c1-13-6-7-18(26-33(5,31)32)17(10-13)23(30)27-9-8-14(2)11-20(27)19-12-21-24-16(4)15(3)22(29)28(21)25-19/h6-7,10,12,14,20,24,26H,8-9,11H2,1-5H3/t14-,20-/m0/s1. The van der Waals surface area contributed by atoms with Crippen molar-refractivity contribution in [3.8, 4) is 0 Å². The van der Waals surface area contributed by atoms with Gasteiger partial charge in [0.15, 0.2) is 0 Å². The molecule has 2 atom stereocenters. The van der Waals surface area contributed by atoms with E-state index in [9.17, 15) is 18.0 Å². The van der Waals surface area contributed by atoms with Crippen molar-refractivity contribution in [2.24, 2.45) is 5.92 Å². The number of carbonyl (C=O) groups is 1. The fraction of sp³-hybridized carbons (Fsp3) is 0.435. The van der Waals surface area contributed by atoms with Crippen LogP contribution in [-0.2, 0) is 10.0 Å². The van der Waals surface area contributed by atoms with Gasteiger partial charge in [-0.25, -0.2) is 8.42 Å². The first-order valence-electron chi connectivity index (χ1n) is 10.9. The molecule has 2 aromatic heterocycles. The molecule has 2 N–H and O–H groups in total. The summed E-state index contributed by atoms with van der Waals surface area (Å²) < 4.78 is 27.6. The van der Waals surface area contributed by atoms with Crippen LogP contribution in [-0.4, -0.2) is 46.6 Å². The number of benzene rings is 1. The Bertz CT molecular complexity index is 1410. The molecule has 0 bridgehead atoms. The summed E-state index contributed by atoms with van der Waals surface area (Å²) in [6, 6.07) is 6.56. The molecule has 0 saturated carbocycles. The topological polar surface area (TPSA) is 117 Å². The number of aromatic amines is 1. The highest BCUT2D eigenvalue weighted by Crippen LogP contribution is 2.36. The molecular weight excluding hydrogens is 442 g/mol. The number of rotatable bonds is 4. The number of nitrogens with zero attached hydrogens (tertiary/aromatic N) is 3. The number of nitrogens with one attached hydrogen (secondary N) is 2. The van der Waals surface area contributed by atoms with Gasteiger partial charge in [-0.3, -0.25) is 14.3 Å². The molecular formula is C23H29N5O4S. The fourth-order valence-corrected chi connectivity index (χ4v) is 4.93. The highest BCUT2D eigenvalue weighted by molar-refractivity contribution is 7.92. The van der Waals surface area contributed by atoms with Gasteiger partial charge in [-0.15, -0.1) is 0 Å². The van der Waals surface area contributed by atoms with E-state index in [4.69, 9.17) is 0 Å². The summed E-state index contributed by atoms with van der Waals surface area (Å²) >= 11 is 0. The van der Waals surface area contributed by atoms with E-state index < -0.39 is 10.0 Å². The van der Waals surface area contributed by atoms with E-state index in [0.29, 0.717) is 41.4 Å². The van der Waals surface area contributed by atoms with Crippen molar-refractivity contribution in [2.75, 3.05) is 17.5 Å². The predicted molar refractivity (Wildman–Crippen MR) is 127 cm³/mol. The molecule has 0 unspecified atom stereocenters. The Morgan fingerprint density at radius 3 is 2.64 bits per heavy atom. The number of sulfonamides is 1. The van der Waals surface area contributed by atoms with Crippen molar-refractivity contribution in [1.29, 1.82) is 0 Å². The maximum atomic E-state index is 13.7. The number of H-pyrrole nitrogens is 1. The number of likely N-dealkylation sites (tertiary alicyclic amines) is 1. The minimum atomic E-state index is -3.56. The zero-order valence-electron chi connectivity index (χ0n) is 19.5. The smallest absolute Gasteiger partial charge is 0.277 e. The summed E-state index contributed by atoms with van der Waals surface area (Å²) in [6.07, 6.45) is 2.58. The number of carbonyl (C=O) groups excluding carboxylic acids is 1. The minimum absolute atomic E-state index is 0.187. The molecule has 0 spiro atoms. The summed E-state index contributed by atoms with van der Waals surface area (Å²) in [5, 5.41) is 4.57. The van der Waals surface area contributed by atoms with Crippen LogP contribution in [0.5, 0.6) is 0 Å². The van der Waals surface area contributed by atoms with Crippen molar-refractivity contribution in [2.45, 2.75) is 46.6 Å². The number of hydrogen-bond acceptors (Lipinski definition) is 5. The van der Waals surface area contributed by atoms with E-state index in [2.05, 4.69) is 21.7 Å². The lowest BCUT2D eigenvalue weighted by Crippen LogP contribution is -2.41. The van der Waals surface area contributed by atoms with Crippen molar-refractivity contribution in [3.05, 3.63) is 62.7 Å². The highest BCUT2D eigenvalue weighted by Gasteiger charge is 2.34. The Labute approximate surface area is 192 Å². The molecule has 33 heavy (non-hydrogen) atoms. The normalized spacial score (nSPS) is 19.1. The average Bonchev–Trinajstić information content (AvgIpc) is 3.16. The zero-order chi connectivity index (χ0) is 24.1. The first-order valence-corrected chi connectivity index (χ1v) is 12.8.